The Morgan fingerprint density at radius 3 is 2.96 bits per heavy atom. The third kappa shape index (κ3) is 1.98. The van der Waals surface area contributed by atoms with Gasteiger partial charge in [-0.1, -0.05) is 6.07 Å². The maximum Gasteiger partial charge on any atom is 0.154 e. The molecule has 5 nitrogen and oxygen atoms in total. The predicted octanol–water partition coefficient (Wildman–Crippen LogP) is 3.38. The molecule has 4 heterocycles. The normalized spacial score (nSPS) is 13.5. The van der Waals surface area contributed by atoms with Crippen molar-refractivity contribution in [2.75, 3.05) is 0 Å². The number of imidazole rings is 1. The van der Waals surface area contributed by atoms with Crippen molar-refractivity contribution in [3.63, 3.8) is 0 Å². The van der Waals surface area contributed by atoms with Gasteiger partial charge in [-0.05, 0) is 50.5 Å². The van der Waals surface area contributed by atoms with Gasteiger partial charge in [0.25, 0.3) is 0 Å². The Hall–Kier alpha value is -2.95. The second kappa shape index (κ2) is 5.03. The first-order chi connectivity index (χ1) is 11.8. The van der Waals surface area contributed by atoms with Crippen molar-refractivity contribution in [3.8, 4) is 17.1 Å². The molecule has 24 heavy (non-hydrogen) atoms. The summed E-state index contributed by atoms with van der Waals surface area (Å²) >= 11 is 0. The zero-order valence-electron chi connectivity index (χ0n) is 13.5. The highest BCUT2D eigenvalue weighted by atomic mass is 15.3. The minimum absolute atomic E-state index is 0.880. The van der Waals surface area contributed by atoms with E-state index in [0.717, 1.165) is 41.3 Å². The predicted molar refractivity (Wildman–Crippen MR) is 92.3 cm³/mol. The van der Waals surface area contributed by atoms with Gasteiger partial charge in [0.1, 0.15) is 5.65 Å². The molecule has 0 saturated carbocycles. The summed E-state index contributed by atoms with van der Waals surface area (Å²) in [6.07, 6.45) is 9.24. The largest absolute Gasteiger partial charge is 0.306 e. The van der Waals surface area contributed by atoms with E-state index in [0.29, 0.717) is 0 Å². The molecule has 0 unspecified atom stereocenters. The van der Waals surface area contributed by atoms with Crippen LogP contribution >= 0.6 is 0 Å². The molecule has 0 spiro atoms. The summed E-state index contributed by atoms with van der Waals surface area (Å²) in [4.78, 5) is 9.01. The number of fused-ring (bicyclic) bond motifs is 2. The van der Waals surface area contributed by atoms with Crippen LogP contribution in [0.2, 0.25) is 0 Å². The molecule has 1 aliphatic rings. The molecule has 0 bridgehead atoms. The number of aryl methyl sites for hydroxylation is 2. The smallest absolute Gasteiger partial charge is 0.154 e. The van der Waals surface area contributed by atoms with Crippen LogP contribution in [0.5, 0.6) is 0 Å². The fraction of sp³-hybridized carbons (Fsp3) is 0.211. The van der Waals surface area contributed by atoms with Gasteiger partial charge in [-0.15, -0.1) is 0 Å². The van der Waals surface area contributed by atoms with Gasteiger partial charge in [-0.2, -0.15) is 5.10 Å². The standard InChI is InChI=1S/C19H17N5/c1-13-4-2-7-18(21-13)24-19(15-5-3-6-16(15)22-24)14-8-9-17-20-10-11-23(17)12-14/h2,4,7-12H,3,5-6H2,1H3. The molecule has 0 aliphatic heterocycles. The lowest BCUT2D eigenvalue weighted by atomic mass is 10.1. The average Bonchev–Trinajstić information content (AvgIpc) is 3.29. The van der Waals surface area contributed by atoms with E-state index in [1.807, 2.05) is 42.2 Å². The molecule has 118 valence electrons. The van der Waals surface area contributed by atoms with Crippen LogP contribution in [-0.2, 0) is 12.8 Å². The summed E-state index contributed by atoms with van der Waals surface area (Å²) in [7, 11) is 0. The van der Waals surface area contributed by atoms with Crippen LogP contribution in [0.4, 0.5) is 0 Å². The molecular weight excluding hydrogens is 298 g/mol. The highest BCUT2D eigenvalue weighted by Gasteiger charge is 2.24. The summed E-state index contributed by atoms with van der Waals surface area (Å²) in [5, 5.41) is 4.88. The van der Waals surface area contributed by atoms with E-state index in [4.69, 9.17) is 5.10 Å². The molecule has 4 aromatic heterocycles. The van der Waals surface area contributed by atoms with E-state index in [1.54, 1.807) is 0 Å². The summed E-state index contributed by atoms with van der Waals surface area (Å²) in [6, 6.07) is 10.3. The summed E-state index contributed by atoms with van der Waals surface area (Å²) in [5.41, 5.74) is 6.83. The van der Waals surface area contributed by atoms with Crippen molar-refractivity contribution >= 4 is 5.65 Å². The first kappa shape index (κ1) is 13.5. The highest BCUT2D eigenvalue weighted by molar-refractivity contribution is 5.68. The molecule has 5 heteroatoms. The number of pyridine rings is 2. The average molecular weight is 315 g/mol. The van der Waals surface area contributed by atoms with Crippen molar-refractivity contribution < 1.29 is 0 Å². The molecule has 1 aliphatic carbocycles. The maximum atomic E-state index is 4.88. The van der Waals surface area contributed by atoms with Crippen LogP contribution < -0.4 is 0 Å². The SMILES string of the molecule is Cc1cccc(-n2nc3c(c2-c2ccc4nccn4c2)CCC3)n1. The Kier molecular flexibility index (Phi) is 2.82. The van der Waals surface area contributed by atoms with Gasteiger partial charge in [0.15, 0.2) is 5.82 Å². The van der Waals surface area contributed by atoms with E-state index in [1.165, 1.54) is 17.7 Å². The van der Waals surface area contributed by atoms with Gasteiger partial charge >= 0.3 is 0 Å². The Morgan fingerprint density at radius 2 is 2.04 bits per heavy atom. The molecule has 0 saturated heterocycles. The zero-order valence-corrected chi connectivity index (χ0v) is 13.5. The molecule has 5 rings (SSSR count). The fourth-order valence-corrected chi connectivity index (χ4v) is 3.56. The maximum absolute atomic E-state index is 4.88. The number of hydrogen-bond donors (Lipinski definition) is 0. The Labute approximate surface area is 139 Å². The summed E-state index contributed by atoms with van der Waals surface area (Å²) in [6.45, 7) is 2.01. The number of nitrogens with zero attached hydrogens (tertiary/aromatic N) is 5. The monoisotopic (exact) mass is 315 g/mol. The molecule has 4 aromatic rings. The number of hydrogen-bond acceptors (Lipinski definition) is 3. The second-order valence-corrected chi connectivity index (χ2v) is 6.29. The van der Waals surface area contributed by atoms with Gasteiger partial charge < -0.3 is 4.40 Å². The fourth-order valence-electron chi connectivity index (χ4n) is 3.56. The topological polar surface area (TPSA) is 48.0 Å². The number of rotatable bonds is 2. The van der Waals surface area contributed by atoms with Crippen molar-refractivity contribution in [3.05, 3.63) is 65.9 Å². The quantitative estimate of drug-likeness (QED) is 0.570. The Morgan fingerprint density at radius 1 is 1.08 bits per heavy atom. The van der Waals surface area contributed by atoms with E-state index in [9.17, 15) is 0 Å². The minimum Gasteiger partial charge on any atom is -0.306 e. The first-order valence-corrected chi connectivity index (χ1v) is 8.27. The van der Waals surface area contributed by atoms with Gasteiger partial charge in [-0.3, -0.25) is 0 Å². The first-order valence-electron chi connectivity index (χ1n) is 8.27. The van der Waals surface area contributed by atoms with Crippen molar-refractivity contribution in [2.45, 2.75) is 26.2 Å². The van der Waals surface area contributed by atoms with E-state index in [2.05, 4.69) is 32.7 Å². The van der Waals surface area contributed by atoms with Gasteiger partial charge in [-0.25, -0.2) is 14.6 Å². The van der Waals surface area contributed by atoms with Gasteiger partial charge in [0.05, 0.1) is 11.4 Å². The van der Waals surface area contributed by atoms with E-state index < -0.39 is 0 Å². The zero-order chi connectivity index (χ0) is 16.1. The van der Waals surface area contributed by atoms with Crippen LogP contribution in [0.15, 0.2) is 48.9 Å². The lowest BCUT2D eigenvalue weighted by molar-refractivity contribution is 0.787. The lowest BCUT2D eigenvalue weighted by Crippen LogP contribution is -2.04. The van der Waals surface area contributed by atoms with Gasteiger partial charge in [0, 0.05) is 35.4 Å². The second-order valence-electron chi connectivity index (χ2n) is 6.29. The highest BCUT2D eigenvalue weighted by Crippen LogP contribution is 2.34. The Bertz CT molecular complexity index is 1060. The minimum atomic E-state index is 0.880. The molecule has 0 radical (unpaired) electrons. The van der Waals surface area contributed by atoms with E-state index >= 15 is 0 Å². The molecule has 0 aromatic carbocycles. The molecule has 0 fully saturated rings. The summed E-state index contributed by atoms with van der Waals surface area (Å²) in [5.74, 6) is 0.880. The third-order valence-corrected chi connectivity index (χ3v) is 4.66. The van der Waals surface area contributed by atoms with Gasteiger partial charge in [0.2, 0.25) is 0 Å². The van der Waals surface area contributed by atoms with Crippen LogP contribution in [0, 0.1) is 6.92 Å². The van der Waals surface area contributed by atoms with Crippen LogP contribution in [0.1, 0.15) is 23.4 Å². The molecule has 0 amide bonds. The molecular formula is C19H17N5. The van der Waals surface area contributed by atoms with Crippen LogP contribution in [-0.4, -0.2) is 24.1 Å². The Balaban J connectivity index is 1.77. The van der Waals surface area contributed by atoms with Crippen molar-refractivity contribution in [1.29, 1.82) is 0 Å². The van der Waals surface area contributed by atoms with E-state index in [-0.39, 0.29) is 0 Å². The molecule has 0 atom stereocenters. The number of aromatic nitrogens is 5. The van der Waals surface area contributed by atoms with Crippen LogP contribution in [0.3, 0.4) is 0 Å². The molecule has 0 N–H and O–H groups in total. The summed E-state index contributed by atoms with van der Waals surface area (Å²) < 4.78 is 4.06. The lowest BCUT2D eigenvalue weighted by Gasteiger charge is -2.10. The van der Waals surface area contributed by atoms with Crippen molar-refractivity contribution in [2.24, 2.45) is 0 Å². The van der Waals surface area contributed by atoms with Crippen molar-refractivity contribution in [1.82, 2.24) is 24.1 Å². The van der Waals surface area contributed by atoms with Crippen LogP contribution in [0.25, 0.3) is 22.7 Å². The third-order valence-electron chi connectivity index (χ3n) is 4.66.